The fourth-order valence-corrected chi connectivity index (χ4v) is 3.94. The summed E-state index contributed by atoms with van der Waals surface area (Å²) in [6.07, 6.45) is 3.53. The average Bonchev–Trinajstić information content (AvgIpc) is 3.20. The first-order chi connectivity index (χ1) is 14.6. The second-order valence-corrected chi connectivity index (χ2v) is 7.64. The molecule has 0 spiro atoms. The van der Waals surface area contributed by atoms with E-state index in [1.165, 1.54) is 0 Å². The largest absolute Gasteiger partial charge is 0.497 e. The first kappa shape index (κ1) is 22.7. The third kappa shape index (κ3) is 5.20. The maximum atomic E-state index is 12.4. The van der Waals surface area contributed by atoms with Gasteiger partial charge in [0, 0.05) is 12.1 Å². The number of alkyl halides is 1. The Labute approximate surface area is 182 Å². The first-order valence-electron chi connectivity index (χ1n) is 10.5. The summed E-state index contributed by atoms with van der Waals surface area (Å²) in [5.41, 5.74) is 6.87. The average molecular weight is 437 g/mol. The van der Waals surface area contributed by atoms with Gasteiger partial charge in [-0.05, 0) is 43.9 Å². The van der Waals surface area contributed by atoms with Crippen molar-refractivity contribution in [1.82, 2.24) is 15.0 Å². The number of hydrogen-bond acceptors (Lipinski definition) is 6. The van der Waals surface area contributed by atoms with Gasteiger partial charge in [0.05, 0.1) is 48.5 Å². The highest BCUT2D eigenvalue weighted by Gasteiger charge is 2.26. The molecule has 6 nitrogen and oxygen atoms in total. The Morgan fingerprint density at radius 3 is 2.70 bits per heavy atom. The lowest BCUT2D eigenvalue weighted by Crippen LogP contribution is -2.38. The van der Waals surface area contributed by atoms with Crippen LogP contribution in [0, 0.1) is 0 Å². The summed E-state index contributed by atoms with van der Waals surface area (Å²) in [4.78, 5) is 9.84. The van der Waals surface area contributed by atoms with E-state index in [4.69, 9.17) is 31.0 Å². The predicted molar refractivity (Wildman–Crippen MR) is 118 cm³/mol. The summed E-state index contributed by atoms with van der Waals surface area (Å²) < 4.78 is 23.0. The Hall–Kier alpha value is -1.96. The molecule has 2 aromatic rings. The number of nitrogens with one attached hydrogen (secondary N) is 1. The number of methoxy groups -OCH3 is 1. The molecule has 0 saturated carbocycles. The Balaban J connectivity index is 1.88. The van der Waals surface area contributed by atoms with Gasteiger partial charge in [-0.2, -0.15) is 0 Å². The third-order valence-electron chi connectivity index (χ3n) is 5.30. The summed E-state index contributed by atoms with van der Waals surface area (Å²) in [5.74, 6) is 1.47. The molecule has 1 aliphatic heterocycles. The maximum absolute atomic E-state index is 12.4. The van der Waals surface area contributed by atoms with Crippen LogP contribution in [0.4, 0.5) is 10.2 Å². The SMILES string of the molecule is CCc1nc(-c2ccc(OC)cc2Cl)c(CC)nc1NN1CCC[C@@H]1COCCF. The van der Waals surface area contributed by atoms with Crippen molar-refractivity contribution in [3.8, 4) is 17.0 Å². The van der Waals surface area contributed by atoms with E-state index < -0.39 is 6.67 Å². The van der Waals surface area contributed by atoms with Crippen molar-refractivity contribution in [3.63, 3.8) is 0 Å². The first-order valence-corrected chi connectivity index (χ1v) is 10.9. The number of hydrogen-bond donors (Lipinski definition) is 1. The molecule has 1 N–H and O–H groups in total. The van der Waals surface area contributed by atoms with Gasteiger partial charge in [0.1, 0.15) is 12.4 Å². The van der Waals surface area contributed by atoms with Crippen molar-refractivity contribution in [1.29, 1.82) is 0 Å². The number of aromatic nitrogens is 2. The van der Waals surface area contributed by atoms with Crippen LogP contribution in [-0.4, -0.2) is 54.6 Å². The normalized spacial score (nSPS) is 16.8. The number of ether oxygens (including phenoxy) is 2. The van der Waals surface area contributed by atoms with Crippen LogP contribution in [0.2, 0.25) is 5.02 Å². The van der Waals surface area contributed by atoms with Gasteiger partial charge in [-0.15, -0.1) is 0 Å². The van der Waals surface area contributed by atoms with Crippen molar-refractivity contribution >= 4 is 17.4 Å². The Bertz CT molecular complexity index is 852. The zero-order chi connectivity index (χ0) is 21.5. The van der Waals surface area contributed by atoms with Crippen LogP contribution in [-0.2, 0) is 17.6 Å². The van der Waals surface area contributed by atoms with Gasteiger partial charge in [-0.25, -0.2) is 19.4 Å². The molecule has 1 aromatic carbocycles. The summed E-state index contributed by atoms with van der Waals surface area (Å²) in [6, 6.07) is 5.80. The Kier molecular flexibility index (Phi) is 8.24. The van der Waals surface area contributed by atoms with Crippen molar-refractivity contribution in [2.24, 2.45) is 0 Å². The van der Waals surface area contributed by atoms with Gasteiger partial charge in [-0.3, -0.25) is 0 Å². The lowest BCUT2D eigenvalue weighted by molar-refractivity contribution is 0.0759. The Morgan fingerprint density at radius 1 is 1.23 bits per heavy atom. The number of aryl methyl sites for hydroxylation is 2. The fraction of sp³-hybridized carbons (Fsp3) is 0.545. The second-order valence-electron chi connectivity index (χ2n) is 7.23. The molecular formula is C22H30ClFN4O2. The van der Waals surface area contributed by atoms with Crippen molar-refractivity contribution in [2.45, 2.75) is 45.6 Å². The minimum atomic E-state index is -0.457. The van der Waals surface area contributed by atoms with E-state index in [0.29, 0.717) is 17.4 Å². The van der Waals surface area contributed by atoms with Crippen LogP contribution in [0.15, 0.2) is 18.2 Å². The molecule has 1 atom stereocenters. The number of halogens is 2. The molecule has 0 radical (unpaired) electrons. The smallest absolute Gasteiger partial charge is 0.162 e. The van der Waals surface area contributed by atoms with Crippen LogP contribution in [0.5, 0.6) is 5.75 Å². The molecule has 164 valence electrons. The molecule has 1 fully saturated rings. The minimum absolute atomic E-state index is 0.141. The lowest BCUT2D eigenvalue weighted by Gasteiger charge is -2.26. The molecule has 2 heterocycles. The summed E-state index contributed by atoms with van der Waals surface area (Å²) in [5, 5.41) is 2.73. The Morgan fingerprint density at radius 2 is 2.03 bits per heavy atom. The number of anilines is 1. The monoisotopic (exact) mass is 436 g/mol. The molecule has 3 rings (SSSR count). The molecule has 1 aromatic heterocycles. The highest BCUT2D eigenvalue weighted by molar-refractivity contribution is 6.33. The topological polar surface area (TPSA) is 59.5 Å². The molecule has 30 heavy (non-hydrogen) atoms. The molecule has 1 saturated heterocycles. The van der Waals surface area contributed by atoms with Crippen LogP contribution in [0.3, 0.4) is 0 Å². The molecule has 1 aliphatic rings. The maximum Gasteiger partial charge on any atom is 0.162 e. The molecular weight excluding hydrogens is 407 g/mol. The van der Waals surface area contributed by atoms with Gasteiger partial charge in [0.25, 0.3) is 0 Å². The minimum Gasteiger partial charge on any atom is -0.497 e. The van der Waals surface area contributed by atoms with Crippen molar-refractivity contribution < 1.29 is 13.9 Å². The molecule has 0 unspecified atom stereocenters. The lowest BCUT2D eigenvalue weighted by atomic mass is 10.1. The number of hydrazine groups is 1. The fourth-order valence-electron chi connectivity index (χ4n) is 3.68. The summed E-state index contributed by atoms with van der Waals surface area (Å²) in [7, 11) is 1.62. The number of benzene rings is 1. The van der Waals surface area contributed by atoms with E-state index in [1.54, 1.807) is 13.2 Å². The molecule has 0 aliphatic carbocycles. The van der Waals surface area contributed by atoms with Crippen molar-refractivity contribution in [2.75, 3.05) is 39.0 Å². The van der Waals surface area contributed by atoms with Crippen LogP contribution in [0.1, 0.15) is 38.1 Å². The molecule has 0 amide bonds. The van der Waals surface area contributed by atoms with E-state index in [9.17, 15) is 4.39 Å². The van der Waals surface area contributed by atoms with Gasteiger partial charge >= 0.3 is 0 Å². The molecule has 0 bridgehead atoms. The zero-order valence-corrected chi connectivity index (χ0v) is 18.6. The highest BCUT2D eigenvalue weighted by Crippen LogP contribution is 2.33. The van der Waals surface area contributed by atoms with E-state index in [2.05, 4.69) is 24.3 Å². The third-order valence-corrected chi connectivity index (χ3v) is 5.61. The number of nitrogens with zero attached hydrogens (tertiary/aromatic N) is 3. The van der Waals surface area contributed by atoms with E-state index in [0.717, 1.165) is 60.7 Å². The van der Waals surface area contributed by atoms with Gasteiger partial charge < -0.3 is 14.9 Å². The summed E-state index contributed by atoms with van der Waals surface area (Å²) in [6.45, 7) is 5.20. The summed E-state index contributed by atoms with van der Waals surface area (Å²) >= 11 is 6.51. The number of rotatable bonds is 10. The van der Waals surface area contributed by atoms with Gasteiger partial charge in [0.15, 0.2) is 5.82 Å². The van der Waals surface area contributed by atoms with E-state index in [-0.39, 0.29) is 12.6 Å². The molecule has 8 heteroatoms. The van der Waals surface area contributed by atoms with Crippen LogP contribution in [0.25, 0.3) is 11.3 Å². The second kappa shape index (κ2) is 10.9. The standard InChI is InChI=1S/C22H30ClFN4O2/c1-4-19-21(17-9-8-16(29-3)13-18(17)23)25-20(5-2)22(26-19)27-28-11-6-7-15(28)14-30-12-10-24/h8-9,13,15H,4-7,10-12,14H2,1-3H3,(H,26,27)/t15-/m1/s1. The van der Waals surface area contributed by atoms with Crippen molar-refractivity contribution in [3.05, 3.63) is 34.6 Å². The van der Waals surface area contributed by atoms with Crippen LogP contribution >= 0.6 is 11.6 Å². The highest BCUT2D eigenvalue weighted by atomic mass is 35.5. The van der Waals surface area contributed by atoms with E-state index >= 15 is 0 Å². The zero-order valence-electron chi connectivity index (χ0n) is 17.9. The van der Waals surface area contributed by atoms with Gasteiger partial charge in [0.2, 0.25) is 0 Å². The van der Waals surface area contributed by atoms with Gasteiger partial charge in [-0.1, -0.05) is 25.4 Å². The predicted octanol–water partition coefficient (Wildman–Crippen LogP) is 4.71. The van der Waals surface area contributed by atoms with Crippen LogP contribution < -0.4 is 10.2 Å². The quantitative estimate of drug-likeness (QED) is 0.544. The van der Waals surface area contributed by atoms with E-state index in [1.807, 2.05) is 12.1 Å².